The molecule has 1 heterocycles. The zero-order chi connectivity index (χ0) is 14.3. The summed E-state index contributed by atoms with van der Waals surface area (Å²) >= 11 is 0. The standard InChI is InChI=1S/C13H23NO4/c1-8-9(15)13(5,6)7-14(10(8)16)11(17)18-12(2,3)4/h8-9,15H,7H2,1-6H3/t8-,9-/m0/s1. The van der Waals surface area contributed by atoms with E-state index in [9.17, 15) is 14.7 Å². The van der Waals surface area contributed by atoms with Crippen LogP contribution < -0.4 is 0 Å². The minimum Gasteiger partial charge on any atom is -0.443 e. The molecule has 1 N–H and O–H groups in total. The number of hydrogen-bond acceptors (Lipinski definition) is 4. The Morgan fingerprint density at radius 2 is 1.94 bits per heavy atom. The molecule has 1 fully saturated rings. The molecule has 0 aromatic heterocycles. The molecular formula is C13H23NO4. The molecule has 1 saturated heterocycles. The lowest BCUT2D eigenvalue weighted by atomic mass is 9.76. The van der Waals surface area contributed by atoms with Crippen LogP contribution in [0.3, 0.4) is 0 Å². The summed E-state index contributed by atoms with van der Waals surface area (Å²) in [5.41, 5.74) is -1.16. The third kappa shape index (κ3) is 3.02. The van der Waals surface area contributed by atoms with Gasteiger partial charge in [0.1, 0.15) is 5.60 Å². The summed E-state index contributed by atoms with van der Waals surface area (Å²) in [7, 11) is 0. The molecule has 2 atom stereocenters. The second kappa shape index (κ2) is 4.53. The number of aliphatic hydroxyl groups excluding tert-OH is 1. The van der Waals surface area contributed by atoms with Crippen LogP contribution in [-0.4, -0.2) is 40.3 Å². The number of nitrogens with zero attached hydrogens (tertiary/aromatic N) is 1. The number of likely N-dealkylation sites (tertiary alicyclic amines) is 1. The predicted octanol–water partition coefficient (Wildman–Crippen LogP) is 1.79. The van der Waals surface area contributed by atoms with Crippen LogP contribution in [0.25, 0.3) is 0 Å². The molecule has 0 radical (unpaired) electrons. The molecule has 5 nitrogen and oxygen atoms in total. The number of imide groups is 1. The van der Waals surface area contributed by atoms with E-state index in [1.165, 1.54) is 0 Å². The van der Waals surface area contributed by atoms with E-state index < -0.39 is 29.1 Å². The molecule has 0 aromatic rings. The highest BCUT2D eigenvalue weighted by Gasteiger charge is 2.47. The van der Waals surface area contributed by atoms with Gasteiger partial charge in [0.05, 0.1) is 12.0 Å². The van der Waals surface area contributed by atoms with E-state index in [1.807, 2.05) is 13.8 Å². The lowest BCUT2D eigenvalue weighted by Crippen LogP contribution is -2.58. The zero-order valence-corrected chi connectivity index (χ0v) is 12.0. The third-order valence-electron chi connectivity index (χ3n) is 3.11. The number of piperidine rings is 1. The SMILES string of the molecule is C[C@@H]1C(=O)N(C(=O)OC(C)(C)C)CC(C)(C)[C@H]1O. The highest BCUT2D eigenvalue weighted by Crippen LogP contribution is 2.34. The molecule has 0 aromatic carbocycles. The van der Waals surface area contributed by atoms with Gasteiger partial charge in [0.25, 0.3) is 0 Å². The third-order valence-corrected chi connectivity index (χ3v) is 3.11. The van der Waals surface area contributed by atoms with Gasteiger partial charge in [-0.2, -0.15) is 0 Å². The van der Waals surface area contributed by atoms with Crippen LogP contribution in [0.5, 0.6) is 0 Å². The Hall–Kier alpha value is -1.10. The molecule has 1 rings (SSSR count). The van der Waals surface area contributed by atoms with Gasteiger partial charge in [0, 0.05) is 12.0 Å². The van der Waals surface area contributed by atoms with E-state index in [0.29, 0.717) is 0 Å². The highest BCUT2D eigenvalue weighted by atomic mass is 16.6. The van der Waals surface area contributed by atoms with Crippen molar-refractivity contribution >= 4 is 12.0 Å². The average Bonchev–Trinajstić information content (AvgIpc) is 2.18. The van der Waals surface area contributed by atoms with Crippen molar-refractivity contribution in [3.05, 3.63) is 0 Å². The number of ether oxygens (including phenoxy) is 1. The molecule has 104 valence electrons. The number of amides is 2. The summed E-state index contributed by atoms with van der Waals surface area (Å²) in [6, 6.07) is 0. The fourth-order valence-electron chi connectivity index (χ4n) is 2.11. The summed E-state index contributed by atoms with van der Waals surface area (Å²) in [4.78, 5) is 25.1. The maximum atomic E-state index is 12.0. The fraction of sp³-hybridized carbons (Fsp3) is 0.846. The van der Waals surface area contributed by atoms with Crippen molar-refractivity contribution in [2.75, 3.05) is 6.54 Å². The van der Waals surface area contributed by atoms with Gasteiger partial charge in [0.2, 0.25) is 5.91 Å². The molecule has 0 spiro atoms. The average molecular weight is 257 g/mol. The van der Waals surface area contributed by atoms with Gasteiger partial charge in [-0.3, -0.25) is 4.79 Å². The van der Waals surface area contributed by atoms with E-state index in [2.05, 4.69) is 0 Å². The summed E-state index contributed by atoms with van der Waals surface area (Å²) in [5, 5.41) is 10.0. The predicted molar refractivity (Wildman–Crippen MR) is 66.9 cm³/mol. The topological polar surface area (TPSA) is 66.8 Å². The smallest absolute Gasteiger partial charge is 0.417 e. The number of hydrogen-bond donors (Lipinski definition) is 1. The first-order valence-corrected chi connectivity index (χ1v) is 6.18. The van der Waals surface area contributed by atoms with Gasteiger partial charge < -0.3 is 9.84 Å². The molecule has 2 amide bonds. The number of carbonyl (C=O) groups excluding carboxylic acids is 2. The van der Waals surface area contributed by atoms with Crippen LogP contribution in [0, 0.1) is 11.3 Å². The van der Waals surface area contributed by atoms with Gasteiger partial charge in [-0.25, -0.2) is 9.69 Å². The second-order valence-electron chi connectivity index (χ2n) is 6.63. The normalized spacial score (nSPS) is 28.2. The monoisotopic (exact) mass is 257 g/mol. The fourth-order valence-corrected chi connectivity index (χ4v) is 2.11. The van der Waals surface area contributed by atoms with Crippen molar-refractivity contribution in [2.24, 2.45) is 11.3 Å². The van der Waals surface area contributed by atoms with Crippen molar-refractivity contribution in [3.63, 3.8) is 0 Å². The van der Waals surface area contributed by atoms with Crippen LogP contribution >= 0.6 is 0 Å². The Labute approximate surface area is 108 Å². The molecule has 0 unspecified atom stereocenters. The summed E-state index contributed by atoms with van der Waals surface area (Å²) < 4.78 is 5.21. The Morgan fingerprint density at radius 1 is 1.44 bits per heavy atom. The molecule has 0 aliphatic carbocycles. The van der Waals surface area contributed by atoms with E-state index in [4.69, 9.17) is 4.74 Å². The van der Waals surface area contributed by atoms with E-state index >= 15 is 0 Å². The quantitative estimate of drug-likeness (QED) is 0.718. The second-order valence-corrected chi connectivity index (χ2v) is 6.63. The van der Waals surface area contributed by atoms with E-state index in [1.54, 1.807) is 27.7 Å². The number of aliphatic hydroxyl groups is 1. The molecule has 5 heteroatoms. The van der Waals surface area contributed by atoms with Crippen LogP contribution in [0.1, 0.15) is 41.5 Å². The van der Waals surface area contributed by atoms with Gasteiger partial charge in [-0.05, 0) is 20.8 Å². The van der Waals surface area contributed by atoms with E-state index in [0.717, 1.165) is 4.90 Å². The van der Waals surface area contributed by atoms with Crippen molar-refractivity contribution in [2.45, 2.75) is 53.2 Å². The van der Waals surface area contributed by atoms with Crippen molar-refractivity contribution in [3.8, 4) is 0 Å². The minimum atomic E-state index is -0.747. The molecule has 0 bridgehead atoms. The van der Waals surface area contributed by atoms with E-state index in [-0.39, 0.29) is 12.5 Å². The molecule has 18 heavy (non-hydrogen) atoms. The summed E-state index contributed by atoms with van der Waals surface area (Å²) in [6.07, 6.45) is -1.39. The Balaban J connectivity index is 2.90. The first-order chi connectivity index (χ1) is 7.96. The van der Waals surface area contributed by atoms with Crippen LogP contribution in [0.15, 0.2) is 0 Å². The number of carbonyl (C=O) groups is 2. The molecule has 1 aliphatic heterocycles. The molecule has 1 aliphatic rings. The van der Waals surface area contributed by atoms with Crippen LogP contribution in [0.4, 0.5) is 4.79 Å². The maximum Gasteiger partial charge on any atom is 0.417 e. The van der Waals surface area contributed by atoms with Gasteiger partial charge in [-0.1, -0.05) is 20.8 Å². The zero-order valence-electron chi connectivity index (χ0n) is 12.0. The first kappa shape index (κ1) is 15.0. The van der Waals surface area contributed by atoms with Crippen LogP contribution in [-0.2, 0) is 9.53 Å². The first-order valence-electron chi connectivity index (χ1n) is 6.18. The highest BCUT2D eigenvalue weighted by molar-refractivity contribution is 5.94. The summed E-state index contributed by atoms with van der Waals surface area (Å²) in [5.74, 6) is -0.975. The van der Waals surface area contributed by atoms with Crippen molar-refractivity contribution in [1.29, 1.82) is 0 Å². The minimum absolute atomic E-state index is 0.173. The van der Waals surface area contributed by atoms with Gasteiger partial charge in [0.15, 0.2) is 0 Å². The lowest BCUT2D eigenvalue weighted by Gasteiger charge is -2.43. The Kier molecular flexibility index (Phi) is 3.77. The summed E-state index contributed by atoms with van der Waals surface area (Å²) in [6.45, 7) is 10.7. The Bertz CT molecular complexity index is 356. The lowest BCUT2D eigenvalue weighted by molar-refractivity contribution is -0.152. The Morgan fingerprint density at radius 3 is 2.39 bits per heavy atom. The maximum absolute atomic E-state index is 12.0. The van der Waals surface area contributed by atoms with Crippen LogP contribution in [0.2, 0.25) is 0 Å². The van der Waals surface area contributed by atoms with Crippen molar-refractivity contribution in [1.82, 2.24) is 4.90 Å². The molecular weight excluding hydrogens is 234 g/mol. The van der Waals surface area contributed by atoms with Gasteiger partial charge >= 0.3 is 6.09 Å². The largest absolute Gasteiger partial charge is 0.443 e. The van der Waals surface area contributed by atoms with Crippen molar-refractivity contribution < 1.29 is 19.4 Å². The molecule has 0 saturated carbocycles. The number of rotatable bonds is 0. The van der Waals surface area contributed by atoms with Gasteiger partial charge in [-0.15, -0.1) is 0 Å².